The fourth-order valence-corrected chi connectivity index (χ4v) is 4.15. The maximum Gasteiger partial charge on any atom is 0.258 e. The topological polar surface area (TPSA) is 51.0 Å². The number of aromatic nitrogens is 3. The molecule has 3 aromatic rings. The standard InChI is InChI=1S/C19H17ClN4OS/c1-12(26-19-22-21-11-23(19)2)13-4-3-5-16(9-13)24-10-14-8-15(20)6-7-17(14)18(24)25/h3-9,11-12H,10H2,1-2H3. The SMILES string of the molecule is CC(Sc1nncn1C)c1cccc(N2Cc3cc(Cl)ccc3C2=O)c1. The number of aryl methyl sites for hydroxylation is 1. The summed E-state index contributed by atoms with van der Waals surface area (Å²) in [5.41, 5.74) is 3.72. The lowest BCUT2D eigenvalue weighted by Gasteiger charge is -2.18. The molecule has 5 nitrogen and oxygen atoms in total. The lowest BCUT2D eigenvalue weighted by atomic mass is 10.1. The quantitative estimate of drug-likeness (QED) is 0.622. The van der Waals surface area contributed by atoms with Crippen molar-refractivity contribution in [2.24, 2.45) is 7.05 Å². The van der Waals surface area contributed by atoms with Gasteiger partial charge in [-0.3, -0.25) is 4.79 Å². The lowest BCUT2D eigenvalue weighted by molar-refractivity contribution is 0.0996. The molecule has 0 bridgehead atoms. The second kappa shape index (κ2) is 6.78. The van der Waals surface area contributed by atoms with E-state index in [1.807, 2.05) is 29.8 Å². The van der Waals surface area contributed by atoms with Gasteiger partial charge in [-0.15, -0.1) is 10.2 Å². The van der Waals surface area contributed by atoms with E-state index in [1.165, 1.54) is 0 Å². The molecule has 0 aliphatic carbocycles. The van der Waals surface area contributed by atoms with Crippen molar-refractivity contribution in [1.29, 1.82) is 0 Å². The number of hydrogen-bond donors (Lipinski definition) is 0. The highest BCUT2D eigenvalue weighted by molar-refractivity contribution is 7.99. The summed E-state index contributed by atoms with van der Waals surface area (Å²) in [6.07, 6.45) is 1.69. The summed E-state index contributed by atoms with van der Waals surface area (Å²) in [5.74, 6) is 0.0161. The predicted octanol–water partition coefficient (Wildman–Crippen LogP) is 4.48. The first-order valence-corrected chi connectivity index (χ1v) is 9.49. The number of amides is 1. The van der Waals surface area contributed by atoms with E-state index in [2.05, 4.69) is 29.3 Å². The zero-order valence-electron chi connectivity index (χ0n) is 14.4. The Hall–Kier alpha value is -2.31. The molecule has 1 unspecified atom stereocenters. The Balaban J connectivity index is 1.59. The summed E-state index contributed by atoms with van der Waals surface area (Å²) >= 11 is 7.71. The normalized spacial score (nSPS) is 14.6. The molecule has 26 heavy (non-hydrogen) atoms. The average Bonchev–Trinajstić information content (AvgIpc) is 3.18. The number of nitrogens with zero attached hydrogens (tertiary/aromatic N) is 4. The smallest absolute Gasteiger partial charge is 0.258 e. The minimum Gasteiger partial charge on any atom is -0.312 e. The summed E-state index contributed by atoms with van der Waals surface area (Å²) in [6.45, 7) is 2.67. The van der Waals surface area contributed by atoms with E-state index < -0.39 is 0 Å². The van der Waals surface area contributed by atoms with Crippen LogP contribution < -0.4 is 4.90 Å². The number of benzene rings is 2. The van der Waals surface area contributed by atoms with Crippen LogP contribution in [0, 0.1) is 0 Å². The molecule has 0 saturated carbocycles. The Labute approximate surface area is 161 Å². The maximum absolute atomic E-state index is 12.7. The Bertz CT molecular complexity index is 987. The molecule has 0 fully saturated rings. The van der Waals surface area contributed by atoms with Crippen molar-refractivity contribution in [2.45, 2.75) is 23.9 Å². The second-order valence-electron chi connectivity index (χ2n) is 6.27. The minimum absolute atomic E-state index is 0.0161. The number of rotatable bonds is 4. The molecule has 1 aromatic heterocycles. The molecule has 7 heteroatoms. The zero-order valence-corrected chi connectivity index (χ0v) is 16.0. The van der Waals surface area contributed by atoms with Crippen LogP contribution in [0.2, 0.25) is 5.02 Å². The van der Waals surface area contributed by atoms with Gasteiger partial charge in [0.2, 0.25) is 0 Å². The predicted molar refractivity (Wildman–Crippen MR) is 104 cm³/mol. The number of carbonyl (C=O) groups excluding carboxylic acids is 1. The monoisotopic (exact) mass is 384 g/mol. The van der Waals surface area contributed by atoms with Gasteiger partial charge in [0.1, 0.15) is 6.33 Å². The van der Waals surface area contributed by atoms with Crippen LogP contribution >= 0.6 is 23.4 Å². The Morgan fingerprint density at radius 3 is 2.85 bits per heavy atom. The minimum atomic E-state index is 0.0161. The molecule has 2 heterocycles. The van der Waals surface area contributed by atoms with Gasteiger partial charge in [-0.1, -0.05) is 35.5 Å². The van der Waals surface area contributed by atoms with Crippen LogP contribution in [0.5, 0.6) is 0 Å². The van der Waals surface area contributed by atoms with Crippen molar-refractivity contribution in [2.75, 3.05) is 4.90 Å². The highest BCUT2D eigenvalue weighted by Gasteiger charge is 2.28. The van der Waals surface area contributed by atoms with Crippen LogP contribution in [0.3, 0.4) is 0 Å². The number of fused-ring (bicyclic) bond motifs is 1. The van der Waals surface area contributed by atoms with Crippen molar-refractivity contribution in [3.05, 3.63) is 70.5 Å². The summed E-state index contributed by atoms with van der Waals surface area (Å²) in [6, 6.07) is 13.5. The van der Waals surface area contributed by atoms with Crippen molar-refractivity contribution >= 4 is 35.0 Å². The van der Waals surface area contributed by atoms with E-state index >= 15 is 0 Å². The second-order valence-corrected chi connectivity index (χ2v) is 8.02. The van der Waals surface area contributed by atoms with Gasteiger partial charge in [0.25, 0.3) is 5.91 Å². The highest BCUT2D eigenvalue weighted by Crippen LogP contribution is 2.36. The number of thioether (sulfide) groups is 1. The van der Waals surface area contributed by atoms with Crippen LogP contribution in [-0.4, -0.2) is 20.7 Å². The molecule has 0 spiro atoms. The molecule has 0 saturated heterocycles. The van der Waals surface area contributed by atoms with Crippen molar-refractivity contribution in [3.63, 3.8) is 0 Å². The third kappa shape index (κ3) is 3.10. The van der Waals surface area contributed by atoms with E-state index in [-0.39, 0.29) is 11.2 Å². The third-order valence-electron chi connectivity index (χ3n) is 4.47. The first kappa shape index (κ1) is 17.1. The molecular weight excluding hydrogens is 368 g/mol. The van der Waals surface area contributed by atoms with Crippen LogP contribution in [0.1, 0.15) is 33.7 Å². The van der Waals surface area contributed by atoms with Crippen molar-refractivity contribution < 1.29 is 4.79 Å². The Morgan fingerprint density at radius 1 is 1.23 bits per heavy atom. The van der Waals surface area contributed by atoms with Crippen LogP contribution in [0.4, 0.5) is 5.69 Å². The molecule has 4 rings (SSSR count). The summed E-state index contributed by atoms with van der Waals surface area (Å²) in [7, 11) is 1.93. The van der Waals surface area contributed by atoms with E-state index in [9.17, 15) is 4.79 Å². The van der Waals surface area contributed by atoms with Gasteiger partial charge in [-0.25, -0.2) is 0 Å². The molecular formula is C19H17ClN4OS. The molecule has 2 aromatic carbocycles. The Kier molecular flexibility index (Phi) is 4.46. The molecule has 0 radical (unpaired) electrons. The summed E-state index contributed by atoms with van der Waals surface area (Å²) in [5, 5.41) is 9.75. The van der Waals surface area contributed by atoms with Gasteiger partial charge in [-0.2, -0.15) is 0 Å². The zero-order chi connectivity index (χ0) is 18.3. The average molecular weight is 385 g/mol. The van der Waals surface area contributed by atoms with E-state index in [0.717, 1.165) is 27.5 Å². The maximum atomic E-state index is 12.7. The molecule has 1 aliphatic heterocycles. The number of carbonyl (C=O) groups is 1. The Morgan fingerprint density at radius 2 is 2.08 bits per heavy atom. The van der Waals surface area contributed by atoms with E-state index in [4.69, 9.17) is 11.6 Å². The van der Waals surface area contributed by atoms with Gasteiger partial charge in [0.05, 0.1) is 6.54 Å². The molecule has 0 N–H and O–H groups in total. The van der Waals surface area contributed by atoms with Gasteiger partial charge in [0, 0.05) is 28.6 Å². The first-order valence-electron chi connectivity index (χ1n) is 8.24. The number of anilines is 1. The number of hydrogen-bond acceptors (Lipinski definition) is 4. The highest BCUT2D eigenvalue weighted by atomic mass is 35.5. The fourth-order valence-electron chi connectivity index (χ4n) is 3.05. The molecule has 1 atom stereocenters. The molecule has 1 amide bonds. The number of halogens is 1. The van der Waals surface area contributed by atoms with Gasteiger partial charge in [0.15, 0.2) is 5.16 Å². The van der Waals surface area contributed by atoms with Gasteiger partial charge >= 0.3 is 0 Å². The molecule has 132 valence electrons. The summed E-state index contributed by atoms with van der Waals surface area (Å²) < 4.78 is 1.90. The van der Waals surface area contributed by atoms with Crippen molar-refractivity contribution in [1.82, 2.24) is 14.8 Å². The van der Waals surface area contributed by atoms with Crippen molar-refractivity contribution in [3.8, 4) is 0 Å². The van der Waals surface area contributed by atoms with Crippen LogP contribution in [-0.2, 0) is 13.6 Å². The fraction of sp³-hybridized carbons (Fsp3) is 0.211. The molecule has 1 aliphatic rings. The van der Waals surface area contributed by atoms with Gasteiger partial charge < -0.3 is 9.47 Å². The first-order chi connectivity index (χ1) is 12.5. The summed E-state index contributed by atoms with van der Waals surface area (Å²) in [4.78, 5) is 14.5. The van der Waals surface area contributed by atoms with Gasteiger partial charge in [-0.05, 0) is 48.4 Å². The van der Waals surface area contributed by atoms with Crippen LogP contribution in [0.25, 0.3) is 0 Å². The van der Waals surface area contributed by atoms with E-state index in [1.54, 1.807) is 35.1 Å². The van der Waals surface area contributed by atoms with Crippen LogP contribution in [0.15, 0.2) is 53.9 Å². The third-order valence-corrected chi connectivity index (χ3v) is 5.92. The van der Waals surface area contributed by atoms with E-state index in [0.29, 0.717) is 11.6 Å². The largest absolute Gasteiger partial charge is 0.312 e. The lowest BCUT2D eigenvalue weighted by Crippen LogP contribution is -2.23.